The number of hydrogen-bond donors (Lipinski definition) is 0. The van der Waals surface area contributed by atoms with Crippen molar-refractivity contribution in [3.63, 3.8) is 0 Å². The maximum Gasteiger partial charge on any atom is 0.336 e. The van der Waals surface area contributed by atoms with Crippen molar-refractivity contribution in [2.24, 2.45) is 5.10 Å². The molecule has 0 spiro atoms. The van der Waals surface area contributed by atoms with Crippen molar-refractivity contribution in [3.8, 4) is 0 Å². The van der Waals surface area contributed by atoms with Gasteiger partial charge in [0, 0.05) is 19.8 Å². The zero-order valence-electron chi connectivity index (χ0n) is 10.2. The molecule has 0 aliphatic heterocycles. The van der Waals surface area contributed by atoms with Gasteiger partial charge in [0.25, 0.3) is 0 Å². The predicted octanol–water partition coefficient (Wildman–Crippen LogP) is 2.19. The lowest BCUT2D eigenvalue weighted by atomic mass is 10.5. The van der Waals surface area contributed by atoms with Gasteiger partial charge in [-0.05, 0) is 20.8 Å². The van der Waals surface area contributed by atoms with Crippen LogP contribution in [-0.4, -0.2) is 44.2 Å². The summed E-state index contributed by atoms with van der Waals surface area (Å²) >= 11 is 0. The Labute approximate surface area is 92.0 Å². The van der Waals surface area contributed by atoms with Gasteiger partial charge in [-0.2, -0.15) is 5.10 Å². The zero-order valence-corrected chi connectivity index (χ0v) is 11.1. The van der Waals surface area contributed by atoms with Crippen molar-refractivity contribution in [1.29, 1.82) is 0 Å². The summed E-state index contributed by atoms with van der Waals surface area (Å²) in [4.78, 5) is 0. The molecule has 0 aliphatic carbocycles. The van der Waals surface area contributed by atoms with Gasteiger partial charge in [-0.1, -0.05) is 0 Å². The molecule has 0 rings (SSSR count). The Morgan fingerprint density at radius 3 is 2.07 bits per heavy atom. The summed E-state index contributed by atoms with van der Waals surface area (Å²) in [6.07, 6.45) is 0.243. The van der Waals surface area contributed by atoms with E-state index in [-0.39, 0.29) is 6.16 Å². The second kappa shape index (κ2) is 6.99. The lowest BCUT2D eigenvalue weighted by Crippen LogP contribution is -2.12. The lowest BCUT2D eigenvalue weighted by molar-refractivity contribution is 0.223. The van der Waals surface area contributed by atoms with Gasteiger partial charge in [-0.15, -0.1) is 0 Å². The molecule has 6 heteroatoms. The van der Waals surface area contributed by atoms with Crippen LogP contribution >= 0.6 is 7.60 Å². The van der Waals surface area contributed by atoms with Gasteiger partial charge in [0.15, 0.2) is 0 Å². The van der Waals surface area contributed by atoms with E-state index in [4.69, 9.17) is 9.05 Å². The highest BCUT2D eigenvalue weighted by Crippen LogP contribution is 2.47. The number of rotatable bonds is 7. The fourth-order valence-electron chi connectivity index (χ4n) is 1.18. The minimum Gasteiger partial charge on any atom is -0.309 e. The maximum absolute atomic E-state index is 12.1. The van der Waals surface area contributed by atoms with E-state index in [0.29, 0.717) is 13.2 Å². The minimum absolute atomic E-state index is 0.243. The largest absolute Gasteiger partial charge is 0.336 e. The molecule has 0 saturated heterocycles. The summed E-state index contributed by atoms with van der Waals surface area (Å²) in [6.45, 7) is 6.16. The molecular formula is C9H21N2O3P. The summed E-state index contributed by atoms with van der Waals surface area (Å²) in [5.74, 6) is 0. The summed E-state index contributed by atoms with van der Waals surface area (Å²) in [5.41, 5.74) is 0.741. The molecule has 0 N–H and O–H groups in total. The number of hydrogen-bond acceptors (Lipinski definition) is 5. The van der Waals surface area contributed by atoms with E-state index in [1.807, 2.05) is 21.0 Å². The van der Waals surface area contributed by atoms with Crippen molar-refractivity contribution in [3.05, 3.63) is 0 Å². The molecule has 0 heterocycles. The Morgan fingerprint density at radius 2 is 1.73 bits per heavy atom. The molecule has 0 aromatic rings. The molecule has 0 atom stereocenters. The highest BCUT2D eigenvalue weighted by molar-refractivity contribution is 7.54. The number of nitrogens with zero attached hydrogens (tertiary/aromatic N) is 2. The smallest absolute Gasteiger partial charge is 0.309 e. The summed E-state index contributed by atoms with van der Waals surface area (Å²) in [6, 6.07) is 0. The summed E-state index contributed by atoms with van der Waals surface area (Å²) in [7, 11) is 0.641. The third kappa shape index (κ3) is 6.66. The third-order valence-electron chi connectivity index (χ3n) is 1.44. The molecule has 0 aromatic heterocycles. The van der Waals surface area contributed by atoms with Crippen molar-refractivity contribution < 1.29 is 13.6 Å². The third-order valence-corrected chi connectivity index (χ3v) is 3.59. The Bertz CT molecular complexity index is 244. The van der Waals surface area contributed by atoms with Crippen LogP contribution in [0.2, 0.25) is 0 Å². The molecule has 0 unspecified atom stereocenters. The second-order valence-electron chi connectivity index (χ2n) is 3.29. The minimum atomic E-state index is -2.99. The highest BCUT2D eigenvalue weighted by atomic mass is 31.2. The van der Waals surface area contributed by atoms with Crippen LogP contribution in [0.5, 0.6) is 0 Å². The number of hydrazone groups is 1. The Kier molecular flexibility index (Phi) is 6.81. The Hall–Kier alpha value is -0.380. The van der Waals surface area contributed by atoms with Crippen LogP contribution in [0.3, 0.4) is 0 Å². The standard InChI is InChI=1S/C9H21N2O3P/c1-6-13-15(12,14-7-2)8-9(3)10-11(4)5/h6-8H2,1-5H3/b10-9+. The Balaban J connectivity index is 4.47. The molecule has 0 aliphatic rings. The van der Waals surface area contributed by atoms with E-state index < -0.39 is 7.60 Å². The first-order valence-corrected chi connectivity index (χ1v) is 6.76. The summed E-state index contributed by atoms with van der Waals surface area (Å²) in [5, 5.41) is 5.81. The maximum atomic E-state index is 12.1. The average Bonchev–Trinajstić information content (AvgIpc) is 2.01. The zero-order chi connectivity index (χ0) is 11.9. The molecule has 0 saturated carbocycles. The van der Waals surface area contributed by atoms with Crippen molar-refractivity contribution in [2.75, 3.05) is 33.5 Å². The second-order valence-corrected chi connectivity index (χ2v) is 5.34. The van der Waals surface area contributed by atoms with Crippen LogP contribution in [0.25, 0.3) is 0 Å². The Morgan fingerprint density at radius 1 is 1.27 bits per heavy atom. The van der Waals surface area contributed by atoms with E-state index in [9.17, 15) is 4.57 Å². The molecule has 90 valence electrons. The van der Waals surface area contributed by atoms with Crippen LogP contribution in [-0.2, 0) is 13.6 Å². The normalized spacial score (nSPS) is 13.0. The highest BCUT2D eigenvalue weighted by Gasteiger charge is 2.24. The van der Waals surface area contributed by atoms with Gasteiger partial charge >= 0.3 is 7.60 Å². The van der Waals surface area contributed by atoms with Crippen molar-refractivity contribution >= 4 is 13.3 Å². The van der Waals surface area contributed by atoms with E-state index >= 15 is 0 Å². The van der Waals surface area contributed by atoms with Gasteiger partial charge in [0.1, 0.15) is 0 Å². The fraction of sp³-hybridized carbons (Fsp3) is 0.889. The van der Waals surface area contributed by atoms with Gasteiger partial charge < -0.3 is 14.1 Å². The molecule has 5 nitrogen and oxygen atoms in total. The molecule has 0 bridgehead atoms. The van der Waals surface area contributed by atoms with E-state index in [0.717, 1.165) is 5.71 Å². The molecule has 0 amide bonds. The van der Waals surface area contributed by atoms with Crippen molar-refractivity contribution in [1.82, 2.24) is 5.01 Å². The molecule has 0 aromatic carbocycles. The van der Waals surface area contributed by atoms with Crippen LogP contribution in [0, 0.1) is 0 Å². The van der Waals surface area contributed by atoms with Gasteiger partial charge in [0.2, 0.25) is 0 Å². The summed E-state index contributed by atoms with van der Waals surface area (Å²) < 4.78 is 22.4. The monoisotopic (exact) mass is 236 g/mol. The van der Waals surface area contributed by atoms with Crippen LogP contribution in [0.15, 0.2) is 5.10 Å². The first kappa shape index (κ1) is 14.6. The van der Waals surface area contributed by atoms with Crippen LogP contribution in [0.1, 0.15) is 20.8 Å². The fourth-order valence-corrected chi connectivity index (χ4v) is 2.84. The van der Waals surface area contributed by atoms with E-state index in [1.54, 1.807) is 18.9 Å². The molecule has 0 radical (unpaired) electrons. The van der Waals surface area contributed by atoms with Crippen LogP contribution in [0.4, 0.5) is 0 Å². The van der Waals surface area contributed by atoms with E-state index in [2.05, 4.69) is 5.10 Å². The first-order valence-electron chi connectivity index (χ1n) is 5.03. The van der Waals surface area contributed by atoms with Crippen LogP contribution < -0.4 is 0 Å². The van der Waals surface area contributed by atoms with Gasteiger partial charge in [-0.25, -0.2) is 0 Å². The van der Waals surface area contributed by atoms with Gasteiger partial charge in [0.05, 0.1) is 19.4 Å². The van der Waals surface area contributed by atoms with E-state index in [1.165, 1.54) is 0 Å². The van der Waals surface area contributed by atoms with Gasteiger partial charge in [-0.3, -0.25) is 4.57 Å². The topological polar surface area (TPSA) is 51.1 Å². The predicted molar refractivity (Wildman–Crippen MR) is 62.5 cm³/mol. The first-order chi connectivity index (χ1) is 6.93. The van der Waals surface area contributed by atoms with Crippen molar-refractivity contribution in [2.45, 2.75) is 20.8 Å². The lowest BCUT2D eigenvalue weighted by Gasteiger charge is -2.17. The molecule has 15 heavy (non-hydrogen) atoms. The SMILES string of the molecule is CCOP(=O)(C/C(C)=N/N(C)C)OCC. The average molecular weight is 236 g/mol. The molecular weight excluding hydrogens is 215 g/mol. The molecule has 0 fully saturated rings. The quantitative estimate of drug-likeness (QED) is 0.386.